The minimum atomic E-state index is 0. The predicted molar refractivity (Wildman–Crippen MR) is 590 cm³/mol. The summed E-state index contributed by atoms with van der Waals surface area (Å²) in [5.74, 6) is 40.0. The molecule has 0 saturated heterocycles. The molecule has 0 atom stereocenters. The third kappa shape index (κ3) is 26.3. The largest absolute Gasteiger partial charge is 0.508 e. The summed E-state index contributed by atoms with van der Waals surface area (Å²) in [4.78, 5) is 25.5. The smallest absolute Gasteiger partial charge is 0.131 e. The van der Waals surface area contributed by atoms with Crippen LogP contribution in [0.5, 0.6) is 11.5 Å². The van der Waals surface area contributed by atoms with Gasteiger partial charge < -0.3 is 10.2 Å². The highest BCUT2D eigenvalue weighted by Gasteiger charge is 2.43. The van der Waals surface area contributed by atoms with Crippen LogP contribution in [0.1, 0.15) is 418 Å². The highest BCUT2D eigenvalue weighted by Crippen LogP contribution is 2.52. The fourth-order valence-corrected chi connectivity index (χ4v) is 20.3. The molecule has 6 aliphatic rings. The van der Waals surface area contributed by atoms with E-state index in [0.29, 0.717) is 17.0 Å². The second kappa shape index (κ2) is 42.2. The van der Waals surface area contributed by atoms with Gasteiger partial charge in [0.2, 0.25) is 0 Å². The van der Waals surface area contributed by atoms with Crippen LogP contribution in [0.4, 0.5) is 0 Å². The predicted octanol–water partition coefficient (Wildman–Crippen LogP) is 30.9. The van der Waals surface area contributed by atoms with Crippen molar-refractivity contribution in [2.45, 2.75) is 357 Å². The molecule has 8 aromatic carbocycles. The van der Waals surface area contributed by atoms with Gasteiger partial charge in [-0.25, -0.2) is 15.0 Å². The van der Waals surface area contributed by atoms with Crippen LogP contribution in [-0.4, -0.2) is 40.1 Å². The molecule has 12 aromatic rings. The van der Waals surface area contributed by atoms with Crippen molar-refractivity contribution in [2.24, 2.45) is 0 Å². The Hall–Kier alpha value is -12.8. The maximum atomic E-state index is 10.0. The van der Waals surface area contributed by atoms with E-state index >= 15 is 0 Å². The van der Waals surface area contributed by atoms with E-state index in [0.717, 1.165) is 89.7 Å². The number of fused-ring (bicyclic) bond motifs is 6. The number of pyridine rings is 2. The molecule has 0 saturated carbocycles. The minimum Gasteiger partial charge on any atom is -0.508 e. The summed E-state index contributed by atoms with van der Waals surface area (Å²) < 4.78 is 0. The Morgan fingerprint density at radius 3 is 0.709 bits per heavy atom. The monoisotopic (exact) mass is 1870 g/mol. The van der Waals surface area contributed by atoms with Gasteiger partial charge in [0.1, 0.15) is 23.0 Å². The van der Waals surface area contributed by atoms with Crippen LogP contribution in [-0.2, 0) is 65.0 Å². The molecule has 0 amide bonds. The molecule has 0 aliphatic heterocycles. The number of benzene rings is 8. The van der Waals surface area contributed by atoms with Crippen LogP contribution in [0.25, 0.3) is 0 Å². The number of hydrogen-bond acceptors (Lipinski definition) is 8. The zero-order valence-corrected chi connectivity index (χ0v) is 89.7. The van der Waals surface area contributed by atoms with Gasteiger partial charge in [0, 0.05) is 92.4 Å². The molecule has 8 nitrogen and oxygen atoms in total. The molecule has 4 aromatic heterocycles. The standard InChI is InChI=1S/2C23H26O.2C22H25N.2C21H24N2.CH4/c1-16-6-9-18(21(24)14-16)10-7-17-8-11-19-20(15-17)23(4,5)13-12-22(19,2)3;1-16-6-7-18(15-21(16)24)9-8-17-10-11-19-20(14-17)23(4,5)13-12-22(19,2)3;2*1-16-6-7-18(15-23-16)9-8-17-10-11-19-20(14-17)22(4,5)13-12-21(19,2)3;1-15-13-23-17(14-22-15)8-6-16-7-9-18-19(12-16)21(4,5)11-10-20(18,2)3;1-15-22-13-17(14-23-15)7-6-16-8-9-18-19(12-16)21(4,5)11-10-20(18,2)3;/h6,8-9,11,14-15,24H,12-13H2,1-5H3;6-7,10-11,14-15,24H,12-13H2,1-5H3;2*6-7,10-11,14-15H,12-13H2,1-5H3;7,9,12-14H,10-11H2,1-5H3;8-9,12-14H,10-11H2,1-5H3;1H4. The summed E-state index contributed by atoms with van der Waals surface area (Å²) in [5.41, 5.74) is 36.5. The van der Waals surface area contributed by atoms with Crippen molar-refractivity contribution < 1.29 is 10.2 Å². The molecule has 2 N–H and O–H groups in total. The molecule has 0 radical (unpaired) electrons. The SMILES string of the molecule is C.Cc1ccc(C#Cc2ccc3c(c2)C(C)(C)CCC3(C)C)c(O)c1.Cc1ccc(C#Cc2ccc3c(c2)C(C)(C)CCC3(C)C)cc1O.Cc1ccc(C#Cc2ccc3c(c2)C(C)(C)CCC3(C)C)cn1.Cc1ccc(C#Cc2ccc3c(c2)C(C)(C)CCC3(C)C)cn1.Cc1cnc(C#Cc2ccc3c(c2)C(C)(C)CCC3(C)C)cn1.Cc1ncc(C#Cc2ccc3c(c2)C(C)(C)CCC3(C)C)cn1. The van der Waals surface area contributed by atoms with Gasteiger partial charge in [0.15, 0.2) is 0 Å². The Morgan fingerprint density at radius 2 is 0.440 bits per heavy atom. The number of aromatic hydroxyl groups is 2. The summed E-state index contributed by atoms with van der Waals surface area (Å²) in [7, 11) is 0. The zero-order valence-electron chi connectivity index (χ0n) is 89.7. The number of phenols is 2. The maximum Gasteiger partial charge on any atom is 0.131 e. The molecule has 728 valence electrons. The van der Waals surface area contributed by atoms with Crippen molar-refractivity contribution in [3.05, 3.63) is 375 Å². The van der Waals surface area contributed by atoms with Gasteiger partial charge in [-0.3, -0.25) is 15.0 Å². The van der Waals surface area contributed by atoms with Gasteiger partial charge >= 0.3 is 0 Å². The van der Waals surface area contributed by atoms with Gasteiger partial charge in [-0.2, -0.15) is 0 Å². The van der Waals surface area contributed by atoms with E-state index in [1.165, 1.54) is 144 Å². The number of aromatic nitrogens is 6. The van der Waals surface area contributed by atoms with E-state index in [9.17, 15) is 10.2 Å². The third-order valence-electron chi connectivity index (χ3n) is 30.9. The first-order valence-corrected chi connectivity index (χ1v) is 50.5. The molecule has 4 heterocycles. The van der Waals surface area contributed by atoms with E-state index in [1.54, 1.807) is 36.9 Å². The maximum absolute atomic E-state index is 10.0. The van der Waals surface area contributed by atoms with Crippen LogP contribution in [0.15, 0.2) is 207 Å². The molecule has 0 spiro atoms. The van der Waals surface area contributed by atoms with Crippen molar-refractivity contribution >= 4 is 0 Å². The van der Waals surface area contributed by atoms with E-state index in [1.807, 2.05) is 102 Å². The molecule has 6 aliphatic carbocycles. The summed E-state index contributed by atoms with van der Waals surface area (Å²) in [6, 6.07) is 59.3. The Balaban J connectivity index is 0.000000151. The molecule has 0 unspecified atom stereocenters. The van der Waals surface area contributed by atoms with Crippen LogP contribution in [0.2, 0.25) is 0 Å². The average Bonchev–Trinajstić information content (AvgIpc) is 0.779. The normalized spacial score (nSPS) is 17.6. The van der Waals surface area contributed by atoms with Gasteiger partial charge in [0.05, 0.1) is 23.0 Å². The van der Waals surface area contributed by atoms with Crippen LogP contribution < -0.4 is 0 Å². The summed E-state index contributed by atoms with van der Waals surface area (Å²) >= 11 is 0. The van der Waals surface area contributed by atoms with Crippen molar-refractivity contribution in [2.75, 3.05) is 0 Å². The van der Waals surface area contributed by atoms with Gasteiger partial charge in [-0.05, 0) is 389 Å². The van der Waals surface area contributed by atoms with E-state index in [2.05, 4.69) is 376 Å². The highest BCUT2D eigenvalue weighted by atomic mass is 16.3. The zero-order chi connectivity index (χ0) is 102. The van der Waals surface area contributed by atoms with Gasteiger partial charge in [-0.1, -0.05) is 287 Å². The van der Waals surface area contributed by atoms with Crippen molar-refractivity contribution in [3.63, 3.8) is 0 Å². The Morgan fingerprint density at radius 1 is 0.199 bits per heavy atom. The molecule has 0 fully saturated rings. The molecular formula is C133H154N6O2. The average molecular weight is 1870 g/mol. The second-order valence-corrected chi connectivity index (χ2v) is 48.1. The molecular weight excluding hydrogens is 1710 g/mol. The Labute approximate surface area is 848 Å². The summed E-state index contributed by atoms with van der Waals surface area (Å²) in [5, 5.41) is 19.8. The first-order chi connectivity index (χ1) is 65.5. The Bertz CT molecular complexity index is 6470. The first kappa shape index (κ1) is 107. The molecule has 141 heavy (non-hydrogen) atoms. The minimum absolute atomic E-state index is 0. The highest BCUT2D eigenvalue weighted by molar-refractivity contribution is 5.59. The summed E-state index contributed by atoms with van der Waals surface area (Å²) in [6.45, 7) is 67.8. The quantitative estimate of drug-likeness (QED) is 0.144. The number of nitrogens with zero attached hydrogens (tertiary/aromatic N) is 6. The van der Waals surface area contributed by atoms with Crippen molar-refractivity contribution in [1.29, 1.82) is 0 Å². The number of hydrogen-bond donors (Lipinski definition) is 2. The lowest BCUT2D eigenvalue weighted by atomic mass is 9.63. The number of phenolic OH excluding ortho intramolecular Hbond substituents is 2. The lowest BCUT2D eigenvalue weighted by Crippen LogP contribution is -2.33. The van der Waals surface area contributed by atoms with Crippen molar-refractivity contribution in [3.8, 4) is 82.5 Å². The lowest BCUT2D eigenvalue weighted by molar-refractivity contribution is 0.332. The number of aryl methyl sites for hydroxylation is 6. The molecule has 8 heteroatoms. The fraction of sp³-hybridized carbons (Fsp3) is 0.414. The van der Waals surface area contributed by atoms with E-state index in [-0.39, 0.29) is 78.2 Å². The van der Waals surface area contributed by atoms with Crippen LogP contribution in [0, 0.1) is 113 Å². The van der Waals surface area contributed by atoms with Gasteiger partial charge in [0.25, 0.3) is 0 Å². The third-order valence-corrected chi connectivity index (χ3v) is 30.9. The van der Waals surface area contributed by atoms with Crippen molar-refractivity contribution in [1.82, 2.24) is 29.9 Å². The lowest BCUT2D eigenvalue weighted by Gasteiger charge is -2.41. The van der Waals surface area contributed by atoms with Gasteiger partial charge in [-0.15, -0.1) is 0 Å². The van der Waals surface area contributed by atoms with Crippen LogP contribution in [0.3, 0.4) is 0 Å². The second-order valence-electron chi connectivity index (χ2n) is 48.1. The first-order valence-electron chi connectivity index (χ1n) is 50.5. The molecule has 18 rings (SSSR count). The Kier molecular flexibility index (Phi) is 32.0. The van der Waals surface area contributed by atoms with Crippen LogP contribution >= 0.6 is 0 Å². The fourth-order valence-electron chi connectivity index (χ4n) is 20.3. The van der Waals surface area contributed by atoms with E-state index in [4.69, 9.17) is 0 Å². The topological polar surface area (TPSA) is 118 Å². The summed E-state index contributed by atoms with van der Waals surface area (Å²) in [6.07, 6.45) is 25.4. The number of rotatable bonds is 0. The van der Waals surface area contributed by atoms with E-state index < -0.39 is 0 Å². The molecule has 0 bridgehead atoms.